The first-order valence-corrected chi connectivity index (χ1v) is 10.8. The minimum atomic E-state index is -0.927. The molecule has 35 heavy (non-hydrogen) atoms. The molecule has 4 rings (SSSR count). The second kappa shape index (κ2) is 10.2. The molecule has 3 aromatic rings. The molecule has 1 saturated heterocycles. The van der Waals surface area contributed by atoms with Gasteiger partial charge in [-0.1, -0.05) is 6.07 Å². The number of carboxylic acid groups (broad SMARTS) is 1. The molecule has 11 heteroatoms. The highest BCUT2D eigenvalue weighted by Gasteiger charge is 2.23. The average molecular weight is 481 g/mol. The molecule has 1 aliphatic heterocycles. The Morgan fingerprint density at radius 2 is 1.80 bits per heavy atom. The predicted octanol–water partition coefficient (Wildman–Crippen LogP) is 4.35. The summed E-state index contributed by atoms with van der Waals surface area (Å²) in [6, 6.07) is 11.5. The standard InChI is InChI=1S/C24H21F2N5O4/c25-17-2-1-3-18(26)20(17)23-30-19(12-27)22(35-23)29-16-6-4-15(5-7-16)21(32)28-13-14-8-10-31(11-9-14)24(33)34/h1-7,14,29H,8-11,13H2,(H,28,32)(H,33,34). The number of anilines is 2. The van der Waals surface area contributed by atoms with Crippen molar-refractivity contribution in [1.29, 1.82) is 5.26 Å². The zero-order valence-electron chi connectivity index (χ0n) is 18.4. The molecule has 1 aliphatic rings. The molecule has 0 unspecified atom stereocenters. The Balaban J connectivity index is 1.38. The van der Waals surface area contributed by atoms with Gasteiger partial charge in [0.1, 0.15) is 23.3 Å². The molecule has 0 radical (unpaired) electrons. The van der Waals surface area contributed by atoms with Gasteiger partial charge in [-0.15, -0.1) is 0 Å². The molecule has 2 aromatic carbocycles. The number of nitrogens with zero attached hydrogens (tertiary/aromatic N) is 3. The summed E-state index contributed by atoms with van der Waals surface area (Å²) in [4.78, 5) is 28.7. The topological polar surface area (TPSA) is 131 Å². The molecule has 0 atom stereocenters. The van der Waals surface area contributed by atoms with Crippen molar-refractivity contribution in [1.82, 2.24) is 15.2 Å². The molecular weight excluding hydrogens is 460 g/mol. The molecule has 0 spiro atoms. The smallest absolute Gasteiger partial charge is 0.407 e. The van der Waals surface area contributed by atoms with E-state index in [9.17, 15) is 23.6 Å². The van der Waals surface area contributed by atoms with Crippen LogP contribution in [0.1, 0.15) is 28.9 Å². The fraction of sp³-hybridized carbons (Fsp3) is 0.250. The molecule has 1 fully saturated rings. The van der Waals surface area contributed by atoms with Gasteiger partial charge in [0.05, 0.1) is 0 Å². The van der Waals surface area contributed by atoms with E-state index >= 15 is 0 Å². The third-order valence-corrected chi connectivity index (χ3v) is 5.75. The van der Waals surface area contributed by atoms with Gasteiger partial charge in [0.15, 0.2) is 0 Å². The summed E-state index contributed by atoms with van der Waals surface area (Å²) in [7, 11) is 0. The Hall–Kier alpha value is -4.46. The summed E-state index contributed by atoms with van der Waals surface area (Å²) in [5, 5.41) is 24.0. The predicted molar refractivity (Wildman–Crippen MR) is 121 cm³/mol. The highest BCUT2D eigenvalue weighted by molar-refractivity contribution is 5.94. The zero-order chi connectivity index (χ0) is 24.9. The van der Waals surface area contributed by atoms with Crippen LogP contribution in [0.15, 0.2) is 46.9 Å². The number of hydrogen-bond acceptors (Lipinski definition) is 6. The van der Waals surface area contributed by atoms with Gasteiger partial charge in [-0.25, -0.2) is 13.6 Å². The third kappa shape index (κ3) is 5.38. The maximum Gasteiger partial charge on any atom is 0.407 e. The first-order chi connectivity index (χ1) is 16.9. The third-order valence-electron chi connectivity index (χ3n) is 5.75. The number of oxazole rings is 1. The molecule has 0 saturated carbocycles. The van der Waals surface area contributed by atoms with Crippen molar-refractivity contribution < 1.29 is 27.9 Å². The van der Waals surface area contributed by atoms with Gasteiger partial charge in [-0.05, 0) is 55.2 Å². The minimum absolute atomic E-state index is 0.0879. The van der Waals surface area contributed by atoms with E-state index in [1.54, 1.807) is 24.3 Å². The van der Waals surface area contributed by atoms with Gasteiger partial charge < -0.3 is 25.1 Å². The first kappa shape index (κ1) is 23.7. The van der Waals surface area contributed by atoms with Crippen LogP contribution in [0.25, 0.3) is 11.5 Å². The molecule has 2 amide bonds. The van der Waals surface area contributed by atoms with Crippen LogP contribution in [0.3, 0.4) is 0 Å². The first-order valence-electron chi connectivity index (χ1n) is 10.8. The van der Waals surface area contributed by atoms with Crippen LogP contribution < -0.4 is 10.6 Å². The van der Waals surface area contributed by atoms with E-state index in [4.69, 9.17) is 9.52 Å². The van der Waals surface area contributed by atoms with Gasteiger partial charge in [0.2, 0.25) is 17.5 Å². The number of carbonyl (C=O) groups excluding carboxylic acids is 1. The van der Waals surface area contributed by atoms with Gasteiger partial charge in [-0.2, -0.15) is 10.2 Å². The summed E-state index contributed by atoms with van der Waals surface area (Å²) in [6.07, 6.45) is 0.447. The number of halogens is 2. The number of nitrogens with one attached hydrogen (secondary N) is 2. The number of hydrogen-bond donors (Lipinski definition) is 3. The van der Waals surface area contributed by atoms with Crippen molar-refractivity contribution in [2.45, 2.75) is 12.8 Å². The van der Waals surface area contributed by atoms with Crippen LogP contribution in [0.4, 0.5) is 25.1 Å². The normalized spacial score (nSPS) is 13.8. The quantitative estimate of drug-likeness (QED) is 0.477. The van der Waals surface area contributed by atoms with Crippen molar-refractivity contribution in [2.24, 2.45) is 5.92 Å². The summed E-state index contributed by atoms with van der Waals surface area (Å²) in [6.45, 7) is 1.35. The number of piperidine rings is 1. The monoisotopic (exact) mass is 481 g/mol. The van der Waals surface area contributed by atoms with Crippen LogP contribution in [0.2, 0.25) is 0 Å². The van der Waals surface area contributed by atoms with Crippen LogP contribution in [-0.4, -0.2) is 46.6 Å². The molecule has 9 nitrogen and oxygen atoms in total. The number of carbonyl (C=O) groups is 2. The van der Waals surface area contributed by atoms with E-state index in [1.165, 1.54) is 11.0 Å². The second-order valence-corrected chi connectivity index (χ2v) is 8.03. The molecule has 3 N–H and O–H groups in total. The largest absolute Gasteiger partial charge is 0.465 e. The van der Waals surface area contributed by atoms with Crippen molar-refractivity contribution in [3.05, 3.63) is 65.4 Å². The van der Waals surface area contributed by atoms with Crippen molar-refractivity contribution in [3.8, 4) is 17.5 Å². The van der Waals surface area contributed by atoms with Gasteiger partial charge in [-0.3, -0.25) is 4.79 Å². The molecule has 0 aliphatic carbocycles. The number of rotatable bonds is 6. The minimum Gasteiger partial charge on any atom is -0.465 e. The highest BCUT2D eigenvalue weighted by Crippen LogP contribution is 2.31. The lowest BCUT2D eigenvalue weighted by atomic mass is 9.97. The van der Waals surface area contributed by atoms with Gasteiger partial charge >= 0.3 is 6.09 Å². The summed E-state index contributed by atoms with van der Waals surface area (Å²) < 4.78 is 33.5. The lowest BCUT2D eigenvalue weighted by Gasteiger charge is -2.29. The molecule has 1 aromatic heterocycles. The Labute approximate surface area is 199 Å². The molecular formula is C24H21F2N5O4. The van der Waals surface area contributed by atoms with E-state index in [1.807, 2.05) is 6.07 Å². The SMILES string of the molecule is N#Cc1nc(-c2c(F)cccc2F)oc1Nc1ccc(C(=O)NCC2CCN(C(=O)O)CC2)cc1. The van der Waals surface area contributed by atoms with E-state index in [-0.39, 0.29) is 29.3 Å². The van der Waals surface area contributed by atoms with Crippen LogP contribution >= 0.6 is 0 Å². The lowest BCUT2D eigenvalue weighted by molar-refractivity contribution is 0.0928. The van der Waals surface area contributed by atoms with Crippen LogP contribution in [0, 0.1) is 28.9 Å². The second-order valence-electron chi connectivity index (χ2n) is 8.03. The van der Waals surface area contributed by atoms with Crippen molar-refractivity contribution in [3.63, 3.8) is 0 Å². The number of amides is 2. The van der Waals surface area contributed by atoms with E-state index in [0.29, 0.717) is 43.7 Å². The van der Waals surface area contributed by atoms with E-state index in [2.05, 4.69) is 15.6 Å². The number of benzene rings is 2. The van der Waals surface area contributed by atoms with Crippen molar-refractivity contribution >= 4 is 23.6 Å². The summed E-state index contributed by atoms with van der Waals surface area (Å²) in [5.41, 5.74) is 0.220. The van der Waals surface area contributed by atoms with Crippen molar-refractivity contribution in [2.75, 3.05) is 25.0 Å². The zero-order valence-corrected chi connectivity index (χ0v) is 18.4. The van der Waals surface area contributed by atoms with Crippen LogP contribution in [0.5, 0.6) is 0 Å². The molecule has 0 bridgehead atoms. The molecule has 180 valence electrons. The molecule has 2 heterocycles. The number of aromatic nitrogens is 1. The average Bonchev–Trinajstić information content (AvgIpc) is 3.25. The van der Waals surface area contributed by atoms with Gasteiger partial charge in [0.25, 0.3) is 5.91 Å². The van der Waals surface area contributed by atoms with E-state index in [0.717, 1.165) is 12.1 Å². The maximum atomic E-state index is 14.1. The maximum absolute atomic E-state index is 14.1. The Bertz CT molecular complexity index is 1260. The highest BCUT2D eigenvalue weighted by atomic mass is 19.1. The summed E-state index contributed by atoms with van der Waals surface area (Å²) >= 11 is 0. The Morgan fingerprint density at radius 3 is 2.40 bits per heavy atom. The fourth-order valence-electron chi connectivity index (χ4n) is 3.79. The fourth-order valence-corrected chi connectivity index (χ4v) is 3.79. The Morgan fingerprint density at radius 1 is 1.14 bits per heavy atom. The van der Waals surface area contributed by atoms with Crippen LogP contribution in [-0.2, 0) is 0 Å². The summed E-state index contributed by atoms with van der Waals surface area (Å²) in [5.74, 6) is -2.26. The number of nitriles is 1. The Kier molecular flexibility index (Phi) is 6.91. The van der Waals surface area contributed by atoms with Gasteiger partial charge in [0, 0.05) is 30.9 Å². The van der Waals surface area contributed by atoms with E-state index < -0.39 is 23.3 Å². The lowest BCUT2D eigenvalue weighted by Crippen LogP contribution is -2.40. The number of likely N-dealkylation sites (tertiary alicyclic amines) is 1.